The first kappa shape index (κ1) is 10.1. The van der Waals surface area contributed by atoms with E-state index in [2.05, 4.69) is 4.74 Å². The predicted octanol–water partition coefficient (Wildman–Crippen LogP) is 2.01. The predicted molar refractivity (Wildman–Crippen MR) is 49.2 cm³/mol. The Hall–Kier alpha value is 0.0495. The zero-order chi connectivity index (χ0) is 9.14. The van der Waals surface area contributed by atoms with Crippen LogP contribution in [0.3, 0.4) is 0 Å². The number of methoxy groups -OCH3 is 1. The van der Waals surface area contributed by atoms with E-state index >= 15 is 0 Å². The zero-order valence-corrected chi connectivity index (χ0v) is 9.44. The second-order valence-corrected chi connectivity index (χ2v) is 5.04. The summed E-state index contributed by atoms with van der Waals surface area (Å²) in [5, 5.41) is 0. The summed E-state index contributed by atoms with van der Waals surface area (Å²) in [5.41, 5.74) is 0.790. The van der Waals surface area contributed by atoms with Crippen molar-refractivity contribution < 1.29 is 9.53 Å². The van der Waals surface area contributed by atoms with Crippen molar-refractivity contribution in [1.29, 1.82) is 0 Å². The van der Waals surface area contributed by atoms with E-state index in [1.165, 1.54) is 7.11 Å². The number of ether oxygens (including phenoxy) is 1. The second kappa shape index (κ2) is 4.33. The molecule has 0 N–H and O–H groups in total. The van der Waals surface area contributed by atoms with Crippen LogP contribution in [0.2, 0.25) is 0 Å². The topological polar surface area (TPSA) is 26.3 Å². The molecular weight excluding hydrogens is 266 g/mol. The number of carbonyl (C=O) groups excluding carboxylic acids is 1. The molecule has 12 heavy (non-hydrogen) atoms. The Morgan fingerprint density at radius 2 is 2.33 bits per heavy atom. The first-order valence-corrected chi connectivity index (χ1v) is 5.82. The maximum absolute atomic E-state index is 11.0. The minimum atomic E-state index is -0.547. The fourth-order valence-corrected chi connectivity index (χ4v) is 3.05. The van der Waals surface area contributed by atoms with Crippen molar-refractivity contribution in [3.8, 4) is 0 Å². The standard InChI is InChI=1S/C7H6Cl2O2Se/c1-11-7(10)5-2-4(3-12-5)6(8)9/h2-3,6H,1H3. The summed E-state index contributed by atoms with van der Waals surface area (Å²) in [6, 6.07) is 1.69. The van der Waals surface area contributed by atoms with Crippen LogP contribution in [0.1, 0.15) is 19.6 Å². The van der Waals surface area contributed by atoms with Gasteiger partial charge in [0.05, 0.1) is 0 Å². The number of rotatable bonds is 2. The molecule has 0 aromatic carbocycles. The summed E-state index contributed by atoms with van der Waals surface area (Å²) >= 11 is 11.2. The summed E-state index contributed by atoms with van der Waals surface area (Å²) in [4.78, 5) is 12.3. The molecule has 0 atom stereocenters. The molecule has 0 bridgehead atoms. The van der Waals surface area contributed by atoms with Gasteiger partial charge in [0.25, 0.3) is 0 Å². The van der Waals surface area contributed by atoms with Crippen LogP contribution in [0.15, 0.2) is 11.0 Å². The van der Waals surface area contributed by atoms with E-state index in [0.717, 1.165) is 5.56 Å². The van der Waals surface area contributed by atoms with Gasteiger partial charge in [0.1, 0.15) is 0 Å². The van der Waals surface area contributed by atoms with E-state index in [-0.39, 0.29) is 20.5 Å². The minimum absolute atomic E-state index is 0.0183. The van der Waals surface area contributed by atoms with Crippen LogP contribution in [0.25, 0.3) is 0 Å². The fourth-order valence-electron chi connectivity index (χ4n) is 0.673. The van der Waals surface area contributed by atoms with Crippen molar-refractivity contribution in [2.24, 2.45) is 0 Å². The quantitative estimate of drug-likeness (QED) is 0.467. The van der Waals surface area contributed by atoms with Crippen LogP contribution >= 0.6 is 23.2 Å². The van der Waals surface area contributed by atoms with Gasteiger partial charge in [-0.25, -0.2) is 0 Å². The van der Waals surface area contributed by atoms with Crippen LogP contribution in [0.4, 0.5) is 0 Å². The van der Waals surface area contributed by atoms with Gasteiger partial charge in [-0.1, -0.05) is 0 Å². The van der Waals surface area contributed by atoms with E-state index in [0.29, 0.717) is 4.44 Å². The van der Waals surface area contributed by atoms with E-state index in [9.17, 15) is 4.79 Å². The summed E-state index contributed by atoms with van der Waals surface area (Å²) in [6.07, 6.45) is 0. The molecule has 1 heterocycles. The molecule has 0 saturated carbocycles. The normalized spacial score (nSPS) is 10.3. The van der Waals surface area contributed by atoms with Gasteiger partial charge >= 0.3 is 86.2 Å². The van der Waals surface area contributed by atoms with Crippen molar-refractivity contribution in [2.75, 3.05) is 7.11 Å². The van der Waals surface area contributed by atoms with Gasteiger partial charge in [-0.15, -0.1) is 0 Å². The third-order valence-corrected chi connectivity index (χ3v) is 3.71. The average Bonchev–Trinajstić information content (AvgIpc) is 2.51. The molecule has 0 amide bonds. The Morgan fingerprint density at radius 1 is 1.67 bits per heavy atom. The number of alkyl halides is 2. The number of hydrogen-bond acceptors (Lipinski definition) is 2. The Morgan fingerprint density at radius 3 is 2.75 bits per heavy atom. The third kappa shape index (κ3) is 2.27. The molecule has 0 radical (unpaired) electrons. The molecular formula is C7H6Cl2O2Se. The van der Waals surface area contributed by atoms with Crippen molar-refractivity contribution in [3.63, 3.8) is 0 Å². The summed E-state index contributed by atoms with van der Waals surface area (Å²) in [7, 11) is 1.36. The van der Waals surface area contributed by atoms with E-state index < -0.39 is 4.84 Å². The molecule has 1 rings (SSSR count). The van der Waals surface area contributed by atoms with Gasteiger partial charge in [-0.05, 0) is 0 Å². The molecule has 0 aliphatic heterocycles. The van der Waals surface area contributed by atoms with Gasteiger partial charge in [0, 0.05) is 0 Å². The average molecular weight is 272 g/mol. The molecule has 1 aromatic heterocycles. The van der Waals surface area contributed by atoms with Crippen LogP contribution in [-0.4, -0.2) is 27.6 Å². The van der Waals surface area contributed by atoms with Gasteiger partial charge in [-0.2, -0.15) is 0 Å². The third-order valence-electron chi connectivity index (χ3n) is 1.26. The van der Waals surface area contributed by atoms with Crippen LogP contribution in [-0.2, 0) is 4.74 Å². The second-order valence-electron chi connectivity index (χ2n) is 2.04. The van der Waals surface area contributed by atoms with Gasteiger partial charge in [-0.3, -0.25) is 0 Å². The summed E-state index contributed by atoms with van der Waals surface area (Å²) in [5.74, 6) is -0.296. The monoisotopic (exact) mass is 272 g/mol. The van der Waals surface area contributed by atoms with Crippen molar-refractivity contribution in [2.45, 2.75) is 4.84 Å². The molecule has 0 fully saturated rings. The van der Waals surface area contributed by atoms with Gasteiger partial charge in [0.2, 0.25) is 0 Å². The molecule has 2 nitrogen and oxygen atoms in total. The molecule has 0 aliphatic rings. The summed E-state index contributed by atoms with van der Waals surface area (Å²) in [6.45, 7) is 0. The van der Waals surface area contributed by atoms with Crippen molar-refractivity contribution in [3.05, 3.63) is 21.0 Å². The molecule has 1 aromatic rings. The van der Waals surface area contributed by atoms with Crippen LogP contribution in [0.5, 0.6) is 0 Å². The number of esters is 1. The molecule has 0 unspecified atom stereocenters. The fraction of sp³-hybridized carbons (Fsp3) is 0.286. The van der Waals surface area contributed by atoms with Crippen molar-refractivity contribution in [1.82, 2.24) is 0 Å². The van der Waals surface area contributed by atoms with E-state index in [1.807, 2.05) is 4.94 Å². The Balaban J connectivity index is 2.84. The Labute approximate surface area is 86.2 Å². The number of halogens is 2. The Bertz CT molecular complexity index is 283. The molecule has 0 saturated heterocycles. The molecule has 66 valence electrons. The SMILES string of the molecule is COC(=O)c1cc(C(Cl)Cl)c[se]1. The molecule has 5 heteroatoms. The van der Waals surface area contributed by atoms with Gasteiger partial charge in [0.15, 0.2) is 0 Å². The zero-order valence-electron chi connectivity index (χ0n) is 6.21. The first-order valence-electron chi connectivity index (χ1n) is 3.10. The van der Waals surface area contributed by atoms with Crippen LogP contribution < -0.4 is 0 Å². The van der Waals surface area contributed by atoms with Gasteiger partial charge < -0.3 is 0 Å². The van der Waals surface area contributed by atoms with E-state index in [1.54, 1.807) is 6.07 Å². The van der Waals surface area contributed by atoms with Crippen LogP contribution in [0, 0.1) is 0 Å². The molecule has 0 spiro atoms. The Kier molecular flexibility index (Phi) is 3.66. The maximum atomic E-state index is 11.0. The first-order chi connectivity index (χ1) is 5.65. The number of carbonyl (C=O) groups is 1. The van der Waals surface area contributed by atoms with Crippen molar-refractivity contribution >= 4 is 43.7 Å². The molecule has 0 aliphatic carbocycles. The van der Waals surface area contributed by atoms with E-state index in [4.69, 9.17) is 23.2 Å². The summed E-state index contributed by atoms with van der Waals surface area (Å²) < 4.78 is 5.21. The number of hydrogen-bond donors (Lipinski definition) is 0.